The molecular formula is C9H8O3. The molecule has 0 radical (unpaired) electrons. The van der Waals surface area contributed by atoms with Crippen molar-refractivity contribution in [2.24, 2.45) is 0 Å². The highest BCUT2D eigenvalue weighted by Gasteiger charge is 2.37. The summed E-state index contributed by atoms with van der Waals surface area (Å²) in [5, 5.41) is 0. The minimum atomic E-state index is -0.0539. The summed E-state index contributed by atoms with van der Waals surface area (Å²) in [6.07, 6.45) is 0.177. The smallest absolute Gasteiger partial charge is 0.226 e. The van der Waals surface area contributed by atoms with Gasteiger partial charge in [-0.3, -0.25) is 0 Å². The lowest BCUT2D eigenvalue weighted by Crippen LogP contribution is -1.99. The standard InChI is InChI=1S/C9H8O3/c1-5-9(10-5)11-6-2-3-7-8(4-6)12-7/h2-5,9H,1H3. The second-order valence-corrected chi connectivity index (χ2v) is 3.04. The lowest BCUT2D eigenvalue weighted by Gasteiger charge is -1.98. The summed E-state index contributed by atoms with van der Waals surface area (Å²) in [5.74, 6) is 2.69. The molecule has 2 aliphatic rings. The molecule has 0 amide bonds. The highest BCUT2D eigenvalue weighted by Crippen LogP contribution is 2.47. The van der Waals surface area contributed by atoms with Gasteiger partial charge in [0.1, 0.15) is 11.9 Å². The predicted octanol–water partition coefficient (Wildman–Crippen LogP) is 1.92. The highest BCUT2D eigenvalue weighted by molar-refractivity contribution is 5.57. The maximum absolute atomic E-state index is 5.45. The first-order valence-corrected chi connectivity index (χ1v) is 3.97. The maximum Gasteiger partial charge on any atom is 0.226 e. The zero-order chi connectivity index (χ0) is 8.13. The van der Waals surface area contributed by atoms with Gasteiger partial charge in [0.2, 0.25) is 6.29 Å². The summed E-state index contributed by atoms with van der Waals surface area (Å²) in [4.78, 5) is 0. The van der Waals surface area contributed by atoms with Crippen molar-refractivity contribution < 1.29 is 14.2 Å². The Labute approximate surface area is 69.9 Å². The molecule has 0 aromatic heterocycles. The van der Waals surface area contributed by atoms with Crippen molar-refractivity contribution in [1.29, 1.82) is 0 Å². The second-order valence-electron chi connectivity index (χ2n) is 3.04. The molecule has 0 bridgehead atoms. The van der Waals surface area contributed by atoms with Gasteiger partial charge >= 0.3 is 0 Å². The number of hydrogen-bond acceptors (Lipinski definition) is 3. The van der Waals surface area contributed by atoms with Crippen LogP contribution in [-0.2, 0) is 4.74 Å². The van der Waals surface area contributed by atoms with E-state index < -0.39 is 0 Å². The SMILES string of the molecule is CC1OC1Oc1ccc2c(c1)O2. The quantitative estimate of drug-likeness (QED) is 0.636. The van der Waals surface area contributed by atoms with Gasteiger partial charge in [-0.2, -0.15) is 0 Å². The zero-order valence-corrected chi connectivity index (χ0v) is 6.61. The van der Waals surface area contributed by atoms with Crippen molar-refractivity contribution in [3.8, 4) is 17.2 Å². The van der Waals surface area contributed by atoms with E-state index in [0.29, 0.717) is 0 Å². The van der Waals surface area contributed by atoms with E-state index in [0.717, 1.165) is 17.2 Å². The molecule has 0 saturated carbocycles. The largest absolute Gasteiger partial charge is 0.462 e. The van der Waals surface area contributed by atoms with Gasteiger partial charge in [0.15, 0.2) is 11.5 Å². The van der Waals surface area contributed by atoms with Gasteiger partial charge in [0.05, 0.1) is 0 Å². The molecule has 3 nitrogen and oxygen atoms in total. The van der Waals surface area contributed by atoms with Gasteiger partial charge in [0.25, 0.3) is 0 Å². The Balaban J connectivity index is 1.76. The molecule has 1 aromatic carbocycles. The summed E-state index contributed by atoms with van der Waals surface area (Å²) in [6, 6.07) is 5.67. The van der Waals surface area contributed by atoms with Crippen LogP contribution in [0.15, 0.2) is 18.2 Å². The first-order valence-electron chi connectivity index (χ1n) is 3.97. The van der Waals surface area contributed by atoms with Crippen LogP contribution >= 0.6 is 0 Å². The van der Waals surface area contributed by atoms with E-state index in [1.54, 1.807) is 0 Å². The minimum absolute atomic E-state index is 0.0539. The summed E-state index contributed by atoms with van der Waals surface area (Å²) in [7, 11) is 0. The molecule has 1 saturated heterocycles. The van der Waals surface area contributed by atoms with E-state index in [4.69, 9.17) is 14.2 Å². The Morgan fingerprint density at radius 2 is 2.17 bits per heavy atom. The Morgan fingerprint density at radius 1 is 1.33 bits per heavy atom. The fourth-order valence-corrected chi connectivity index (χ4v) is 1.14. The van der Waals surface area contributed by atoms with E-state index in [1.165, 1.54) is 0 Å². The van der Waals surface area contributed by atoms with E-state index in [1.807, 2.05) is 25.1 Å². The molecule has 3 heteroatoms. The van der Waals surface area contributed by atoms with Crippen LogP contribution in [0.2, 0.25) is 0 Å². The van der Waals surface area contributed by atoms with E-state index >= 15 is 0 Å². The van der Waals surface area contributed by atoms with Crippen LogP contribution in [0.4, 0.5) is 0 Å². The average molecular weight is 164 g/mol. The predicted molar refractivity (Wildman–Crippen MR) is 41.5 cm³/mol. The van der Waals surface area contributed by atoms with Crippen LogP contribution < -0.4 is 9.47 Å². The summed E-state index contributed by atoms with van der Waals surface area (Å²) in [6.45, 7) is 1.98. The van der Waals surface area contributed by atoms with Crippen molar-refractivity contribution in [2.45, 2.75) is 19.3 Å². The molecular weight excluding hydrogens is 156 g/mol. The number of ether oxygens (including phenoxy) is 3. The lowest BCUT2D eigenvalue weighted by molar-refractivity contribution is 0.178. The van der Waals surface area contributed by atoms with Gasteiger partial charge in [-0.25, -0.2) is 0 Å². The van der Waals surface area contributed by atoms with Gasteiger partial charge in [-0.15, -0.1) is 0 Å². The molecule has 0 N–H and O–H groups in total. The molecule has 62 valence electrons. The molecule has 1 aromatic rings. The first kappa shape index (κ1) is 6.31. The Bertz CT molecular complexity index is 335. The van der Waals surface area contributed by atoms with Crippen molar-refractivity contribution in [3.63, 3.8) is 0 Å². The molecule has 2 aliphatic heterocycles. The molecule has 3 rings (SSSR count). The van der Waals surface area contributed by atoms with Gasteiger partial charge in [-0.1, -0.05) is 0 Å². The normalized spacial score (nSPS) is 28.8. The maximum atomic E-state index is 5.45. The number of rotatable bonds is 2. The summed E-state index contributed by atoms with van der Waals surface area (Å²) >= 11 is 0. The third-order valence-corrected chi connectivity index (χ3v) is 2.00. The van der Waals surface area contributed by atoms with Crippen molar-refractivity contribution >= 4 is 0 Å². The van der Waals surface area contributed by atoms with Crippen LogP contribution in [0.3, 0.4) is 0 Å². The monoisotopic (exact) mass is 164 g/mol. The van der Waals surface area contributed by atoms with Crippen LogP contribution in [-0.4, -0.2) is 12.4 Å². The second kappa shape index (κ2) is 1.93. The highest BCUT2D eigenvalue weighted by atomic mass is 16.8. The van der Waals surface area contributed by atoms with Crippen molar-refractivity contribution in [3.05, 3.63) is 18.2 Å². The molecule has 2 atom stereocenters. The molecule has 0 spiro atoms. The van der Waals surface area contributed by atoms with Crippen LogP contribution in [0.25, 0.3) is 0 Å². The fourth-order valence-electron chi connectivity index (χ4n) is 1.14. The zero-order valence-electron chi connectivity index (χ0n) is 6.61. The van der Waals surface area contributed by atoms with Gasteiger partial charge in [0, 0.05) is 6.07 Å². The molecule has 2 unspecified atom stereocenters. The molecule has 2 heterocycles. The van der Waals surface area contributed by atoms with Gasteiger partial charge < -0.3 is 14.2 Å². The molecule has 12 heavy (non-hydrogen) atoms. The Kier molecular flexibility index (Phi) is 1.01. The summed E-state index contributed by atoms with van der Waals surface area (Å²) < 4.78 is 15.7. The third kappa shape index (κ3) is 0.940. The van der Waals surface area contributed by atoms with E-state index in [-0.39, 0.29) is 12.4 Å². The number of fused-ring (bicyclic) bond motifs is 1. The average Bonchev–Trinajstić information content (AvgIpc) is 2.90. The summed E-state index contributed by atoms with van der Waals surface area (Å²) in [5.41, 5.74) is 0. The van der Waals surface area contributed by atoms with Crippen molar-refractivity contribution in [2.75, 3.05) is 0 Å². The topological polar surface area (TPSA) is 34.3 Å². The van der Waals surface area contributed by atoms with Crippen molar-refractivity contribution in [1.82, 2.24) is 0 Å². The number of benzene rings is 1. The number of epoxide rings is 1. The minimum Gasteiger partial charge on any atom is -0.462 e. The fraction of sp³-hybridized carbons (Fsp3) is 0.333. The van der Waals surface area contributed by atoms with Crippen LogP contribution in [0, 0.1) is 0 Å². The van der Waals surface area contributed by atoms with E-state index in [2.05, 4.69) is 0 Å². The van der Waals surface area contributed by atoms with Crippen LogP contribution in [0.5, 0.6) is 17.2 Å². The Morgan fingerprint density at radius 3 is 2.83 bits per heavy atom. The van der Waals surface area contributed by atoms with E-state index in [9.17, 15) is 0 Å². The molecule has 1 fully saturated rings. The van der Waals surface area contributed by atoms with Crippen LogP contribution in [0.1, 0.15) is 6.92 Å². The molecule has 0 aliphatic carbocycles. The third-order valence-electron chi connectivity index (χ3n) is 2.00. The first-order chi connectivity index (χ1) is 5.83. The lowest BCUT2D eigenvalue weighted by atomic mass is 10.3. The number of hydrogen-bond donors (Lipinski definition) is 0. The van der Waals surface area contributed by atoms with Gasteiger partial charge in [-0.05, 0) is 19.1 Å². The Hall–Kier alpha value is -1.22.